The van der Waals surface area contributed by atoms with Crippen molar-refractivity contribution in [3.63, 3.8) is 0 Å². The maximum atomic E-state index is 5.83. The molecule has 3 heteroatoms. The Hall–Kier alpha value is -0.380. The van der Waals surface area contributed by atoms with Gasteiger partial charge in [-0.3, -0.25) is 11.3 Å². The van der Waals surface area contributed by atoms with Crippen molar-refractivity contribution in [1.29, 1.82) is 0 Å². The van der Waals surface area contributed by atoms with Crippen molar-refractivity contribution in [2.75, 3.05) is 0 Å². The van der Waals surface area contributed by atoms with Crippen molar-refractivity contribution in [1.82, 2.24) is 5.43 Å². The van der Waals surface area contributed by atoms with Crippen LogP contribution in [0.5, 0.6) is 0 Å². The first-order chi connectivity index (χ1) is 8.31. The zero-order valence-corrected chi connectivity index (χ0v) is 11.7. The van der Waals surface area contributed by atoms with Gasteiger partial charge < -0.3 is 0 Å². The van der Waals surface area contributed by atoms with Crippen LogP contribution in [0, 0.1) is 5.92 Å². The summed E-state index contributed by atoms with van der Waals surface area (Å²) in [5.74, 6) is 7.15. The number of nitrogens with two attached hydrogens (primary N) is 1. The summed E-state index contributed by atoms with van der Waals surface area (Å²) in [6.07, 6.45) is 6.29. The molecule has 0 radical (unpaired) electrons. The molecule has 1 aromatic heterocycles. The van der Waals surface area contributed by atoms with Crippen molar-refractivity contribution in [2.24, 2.45) is 11.8 Å². The monoisotopic (exact) mass is 252 g/mol. The summed E-state index contributed by atoms with van der Waals surface area (Å²) in [5.41, 5.74) is 4.67. The maximum Gasteiger partial charge on any atom is 0.0307 e. The van der Waals surface area contributed by atoms with E-state index in [1.165, 1.54) is 32.1 Å². The van der Waals surface area contributed by atoms with Crippen LogP contribution < -0.4 is 11.3 Å². The summed E-state index contributed by atoms with van der Waals surface area (Å²) in [6.45, 7) is 4.55. The number of rotatable bonds is 5. The van der Waals surface area contributed by atoms with Crippen molar-refractivity contribution in [3.05, 3.63) is 21.9 Å². The highest BCUT2D eigenvalue weighted by Crippen LogP contribution is 2.39. The third-order valence-electron chi connectivity index (χ3n) is 4.28. The van der Waals surface area contributed by atoms with Crippen LogP contribution in [-0.4, -0.2) is 6.04 Å². The minimum atomic E-state index is 0.443. The van der Waals surface area contributed by atoms with Crippen LogP contribution in [-0.2, 0) is 6.42 Å². The molecule has 1 aliphatic rings. The largest absolute Gasteiger partial charge is 0.271 e. The Bertz CT molecular complexity index is 344. The van der Waals surface area contributed by atoms with Gasteiger partial charge in [0.2, 0.25) is 0 Å². The van der Waals surface area contributed by atoms with Crippen LogP contribution in [0.4, 0.5) is 0 Å². The van der Waals surface area contributed by atoms with Crippen molar-refractivity contribution in [2.45, 2.75) is 57.9 Å². The standard InChI is InChI=1S/C14H24N2S/c1-3-10(4-2)14(16-15)12-6-5-7-13-11(12)8-9-17-13/h8-10,12,14,16H,3-7,15H2,1-2H3. The van der Waals surface area contributed by atoms with Gasteiger partial charge in [0, 0.05) is 16.8 Å². The number of aryl methyl sites for hydroxylation is 1. The third-order valence-corrected chi connectivity index (χ3v) is 5.28. The van der Waals surface area contributed by atoms with Gasteiger partial charge >= 0.3 is 0 Å². The van der Waals surface area contributed by atoms with E-state index >= 15 is 0 Å². The van der Waals surface area contributed by atoms with Gasteiger partial charge in [-0.15, -0.1) is 11.3 Å². The van der Waals surface area contributed by atoms with Crippen LogP contribution in [0.1, 0.15) is 55.9 Å². The highest BCUT2D eigenvalue weighted by Gasteiger charge is 2.31. The molecule has 2 rings (SSSR count). The lowest BCUT2D eigenvalue weighted by Gasteiger charge is -2.35. The van der Waals surface area contributed by atoms with Crippen LogP contribution >= 0.6 is 11.3 Å². The van der Waals surface area contributed by atoms with Gasteiger partial charge in [-0.1, -0.05) is 26.7 Å². The highest BCUT2D eigenvalue weighted by molar-refractivity contribution is 7.10. The molecule has 1 heterocycles. The van der Waals surface area contributed by atoms with E-state index in [2.05, 4.69) is 30.7 Å². The van der Waals surface area contributed by atoms with E-state index < -0.39 is 0 Å². The molecule has 2 unspecified atom stereocenters. The normalized spacial score (nSPS) is 21.5. The van der Waals surface area contributed by atoms with Gasteiger partial charge in [-0.2, -0.15) is 0 Å². The summed E-state index contributed by atoms with van der Waals surface area (Å²) in [4.78, 5) is 1.59. The van der Waals surface area contributed by atoms with Crippen LogP contribution in [0.3, 0.4) is 0 Å². The fourth-order valence-electron chi connectivity index (χ4n) is 3.27. The van der Waals surface area contributed by atoms with E-state index in [0.717, 1.165) is 0 Å². The van der Waals surface area contributed by atoms with Crippen LogP contribution in [0.15, 0.2) is 11.4 Å². The SMILES string of the molecule is CCC(CC)C(NN)C1CCCc2sccc21. The summed E-state index contributed by atoms with van der Waals surface area (Å²) < 4.78 is 0. The van der Waals surface area contributed by atoms with E-state index in [1.54, 1.807) is 10.4 Å². The predicted molar refractivity (Wildman–Crippen MR) is 75.2 cm³/mol. The Morgan fingerprint density at radius 3 is 2.88 bits per heavy atom. The molecule has 3 N–H and O–H groups in total. The third kappa shape index (κ3) is 2.56. The molecule has 96 valence electrons. The highest BCUT2D eigenvalue weighted by atomic mass is 32.1. The lowest BCUT2D eigenvalue weighted by atomic mass is 9.76. The summed E-state index contributed by atoms with van der Waals surface area (Å²) in [5, 5.41) is 2.24. The average molecular weight is 252 g/mol. The zero-order valence-electron chi connectivity index (χ0n) is 10.9. The van der Waals surface area contributed by atoms with E-state index in [0.29, 0.717) is 17.9 Å². The fraction of sp³-hybridized carbons (Fsp3) is 0.714. The number of hydrogen-bond donors (Lipinski definition) is 2. The lowest BCUT2D eigenvalue weighted by Crippen LogP contribution is -2.45. The summed E-state index contributed by atoms with van der Waals surface area (Å²) in [6, 6.07) is 2.76. The first kappa shape index (κ1) is 13.1. The smallest absolute Gasteiger partial charge is 0.0307 e. The molecule has 0 saturated heterocycles. The predicted octanol–water partition coefficient (Wildman–Crippen LogP) is 3.44. The molecular weight excluding hydrogens is 228 g/mol. The number of nitrogens with one attached hydrogen (secondary N) is 1. The quantitative estimate of drug-likeness (QED) is 0.622. The second-order valence-corrected chi connectivity index (χ2v) is 6.07. The molecule has 0 aromatic carbocycles. The van der Waals surface area contributed by atoms with Crippen molar-refractivity contribution >= 4 is 11.3 Å². The summed E-state index contributed by atoms with van der Waals surface area (Å²) in [7, 11) is 0. The lowest BCUT2D eigenvalue weighted by molar-refractivity contribution is 0.276. The number of hydrogen-bond acceptors (Lipinski definition) is 3. The van der Waals surface area contributed by atoms with Gasteiger partial charge in [0.1, 0.15) is 0 Å². The maximum absolute atomic E-state index is 5.83. The number of hydrazine groups is 1. The topological polar surface area (TPSA) is 38.0 Å². The van der Waals surface area contributed by atoms with Gasteiger partial charge in [-0.05, 0) is 42.2 Å². The molecule has 1 aliphatic carbocycles. The van der Waals surface area contributed by atoms with Gasteiger partial charge in [0.25, 0.3) is 0 Å². The first-order valence-electron chi connectivity index (χ1n) is 6.84. The molecule has 1 aromatic rings. The average Bonchev–Trinajstić information content (AvgIpc) is 2.84. The van der Waals surface area contributed by atoms with Crippen molar-refractivity contribution in [3.8, 4) is 0 Å². The Labute approximate surface area is 109 Å². The molecule has 2 atom stereocenters. The number of thiophene rings is 1. The molecule has 0 fully saturated rings. The van der Waals surface area contributed by atoms with Gasteiger partial charge in [0.05, 0.1) is 0 Å². The minimum Gasteiger partial charge on any atom is -0.271 e. The van der Waals surface area contributed by atoms with E-state index in [1.807, 2.05) is 11.3 Å². The zero-order chi connectivity index (χ0) is 12.3. The molecule has 17 heavy (non-hydrogen) atoms. The second kappa shape index (κ2) is 5.98. The molecule has 2 nitrogen and oxygen atoms in total. The Morgan fingerprint density at radius 2 is 2.24 bits per heavy atom. The molecule has 0 amide bonds. The Kier molecular flexibility index (Phi) is 4.60. The minimum absolute atomic E-state index is 0.443. The fourth-order valence-corrected chi connectivity index (χ4v) is 4.27. The Balaban J connectivity index is 2.22. The second-order valence-electron chi connectivity index (χ2n) is 5.07. The van der Waals surface area contributed by atoms with E-state index in [9.17, 15) is 0 Å². The van der Waals surface area contributed by atoms with E-state index in [4.69, 9.17) is 5.84 Å². The summed E-state index contributed by atoms with van der Waals surface area (Å²) >= 11 is 1.92. The van der Waals surface area contributed by atoms with Crippen LogP contribution in [0.2, 0.25) is 0 Å². The number of fused-ring (bicyclic) bond motifs is 1. The first-order valence-corrected chi connectivity index (χ1v) is 7.72. The van der Waals surface area contributed by atoms with Crippen LogP contribution in [0.25, 0.3) is 0 Å². The van der Waals surface area contributed by atoms with Gasteiger partial charge in [-0.25, -0.2) is 0 Å². The molecule has 0 aliphatic heterocycles. The molecule has 0 bridgehead atoms. The van der Waals surface area contributed by atoms with E-state index in [-0.39, 0.29) is 0 Å². The van der Waals surface area contributed by atoms with Gasteiger partial charge in [0.15, 0.2) is 0 Å². The molecule has 0 spiro atoms. The Morgan fingerprint density at radius 1 is 1.47 bits per heavy atom. The molecular formula is C14H24N2S. The van der Waals surface area contributed by atoms with Crippen molar-refractivity contribution < 1.29 is 0 Å². The molecule has 0 saturated carbocycles.